The summed E-state index contributed by atoms with van der Waals surface area (Å²) in [6, 6.07) is 17.6. The molecule has 1 fully saturated rings. The van der Waals surface area contributed by atoms with E-state index in [1.54, 1.807) is 11.8 Å². The molecule has 0 N–H and O–H groups in total. The largest absolute Gasteiger partial charge is 0.497 e. The average Bonchev–Trinajstić information content (AvgIpc) is 3.43. The normalized spacial score (nSPS) is 16.0. The van der Waals surface area contributed by atoms with Crippen LogP contribution in [0, 0.1) is 0 Å². The lowest BCUT2D eigenvalue weighted by Crippen LogP contribution is -2.32. The number of nitrogens with zero attached hydrogens (tertiary/aromatic N) is 4. The maximum atomic E-state index is 13.6. The molecule has 0 amide bonds. The van der Waals surface area contributed by atoms with Crippen molar-refractivity contribution in [3.8, 4) is 22.7 Å². The van der Waals surface area contributed by atoms with Crippen molar-refractivity contribution in [3.05, 3.63) is 76.4 Å². The minimum absolute atomic E-state index is 0.0298. The van der Waals surface area contributed by atoms with Gasteiger partial charge in [-0.2, -0.15) is 0 Å². The molecular weight excluding hydrogens is 364 g/mol. The van der Waals surface area contributed by atoms with Gasteiger partial charge in [0.15, 0.2) is 5.65 Å². The van der Waals surface area contributed by atoms with Gasteiger partial charge in [-0.05, 0) is 49.2 Å². The van der Waals surface area contributed by atoms with E-state index in [2.05, 4.69) is 9.88 Å². The van der Waals surface area contributed by atoms with Crippen molar-refractivity contribution in [1.82, 2.24) is 19.1 Å². The van der Waals surface area contributed by atoms with E-state index in [9.17, 15) is 4.79 Å². The van der Waals surface area contributed by atoms with Crippen LogP contribution < -0.4 is 15.5 Å². The number of imidazole rings is 1. The predicted molar refractivity (Wildman–Crippen MR) is 113 cm³/mol. The van der Waals surface area contributed by atoms with Crippen molar-refractivity contribution in [2.45, 2.75) is 12.8 Å². The number of para-hydroxylation sites is 1. The smallest absolute Gasteiger partial charge is 0.283 e. The molecule has 3 heterocycles. The molecule has 2 aromatic carbocycles. The summed E-state index contributed by atoms with van der Waals surface area (Å²) >= 11 is 0. The summed E-state index contributed by atoms with van der Waals surface area (Å²) < 4.78 is 8.95. The second-order valence-electron chi connectivity index (χ2n) is 7.31. The van der Waals surface area contributed by atoms with Gasteiger partial charge in [-0.25, -0.2) is 14.2 Å². The molecule has 1 aliphatic heterocycles. The summed E-state index contributed by atoms with van der Waals surface area (Å²) in [5.74, 6) is 0.793. The van der Waals surface area contributed by atoms with Crippen LogP contribution in [-0.4, -0.2) is 39.8 Å². The van der Waals surface area contributed by atoms with Crippen LogP contribution in [-0.2, 0) is 0 Å². The monoisotopic (exact) mass is 386 g/mol. The first kappa shape index (κ1) is 17.6. The van der Waals surface area contributed by atoms with Gasteiger partial charge in [-0.1, -0.05) is 18.2 Å². The zero-order chi connectivity index (χ0) is 20.0. The molecule has 146 valence electrons. The molecule has 4 aromatic rings. The molecule has 0 bridgehead atoms. The maximum Gasteiger partial charge on any atom is 0.283 e. The van der Waals surface area contributed by atoms with E-state index in [4.69, 9.17) is 4.74 Å². The third-order valence-electron chi connectivity index (χ3n) is 5.61. The minimum atomic E-state index is -0.0298. The maximum absolute atomic E-state index is 13.6. The molecule has 0 atom stereocenters. The number of likely N-dealkylation sites (tertiary alicyclic amines) is 1. The van der Waals surface area contributed by atoms with Crippen LogP contribution in [0.3, 0.4) is 0 Å². The molecular formula is C23H22N4O2. The Bertz CT molecular complexity index is 1290. The summed E-state index contributed by atoms with van der Waals surface area (Å²) in [7, 11) is 3.70. The highest BCUT2D eigenvalue weighted by Crippen LogP contribution is 2.24. The fraction of sp³-hybridized carbons (Fsp3) is 0.217. The molecule has 6 heteroatoms. The lowest BCUT2D eigenvalue weighted by atomic mass is 10.1. The third-order valence-corrected chi connectivity index (χ3v) is 5.61. The van der Waals surface area contributed by atoms with Crippen molar-refractivity contribution >= 4 is 11.3 Å². The van der Waals surface area contributed by atoms with Gasteiger partial charge in [0.1, 0.15) is 11.0 Å². The van der Waals surface area contributed by atoms with Crippen LogP contribution in [0.1, 0.15) is 12.8 Å². The summed E-state index contributed by atoms with van der Waals surface area (Å²) in [5.41, 5.74) is 4.41. The van der Waals surface area contributed by atoms with Gasteiger partial charge in [0.2, 0.25) is 0 Å². The SMILES string of the molecule is COc1ccc(-c2cnc3/c(=C4\CCCN4C)c(=O)n(-c4ccccc4)n23)cc1. The molecule has 6 nitrogen and oxygen atoms in total. The van der Waals surface area contributed by atoms with Crippen LogP contribution in [0.25, 0.3) is 28.3 Å². The minimum Gasteiger partial charge on any atom is -0.497 e. The summed E-state index contributed by atoms with van der Waals surface area (Å²) in [6.45, 7) is 0.962. The molecule has 0 aliphatic carbocycles. The topological polar surface area (TPSA) is 51.8 Å². The lowest BCUT2D eigenvalue weighted by Gasteiger charge is -2.10. The first-order chi connectivity index (χ1) is 14.2. The highest BCUT2D eigenvalue weighted by Gasteiger charge is 2.23. The van der Waals surface area contributed by atoms with Crippen LogP contribution in [0.2, 0.25) is 0 Å². The number of hydrogen-bond donors (Lipinski definition) is 0. The van der Waals surface area contributed by atoms with E-state index in [1.807, 2.05) is 72.4 Å². The van der Waals surface area contributed by atoms with E-state index in [0.29, 0.717) is 10.9 Å². The molecule has 1 aliphatic rings. The molecule has 0 spiro atoms. The number of rotatable bonds is 3. The summed E-state index contributed by atoms with van der Waals surface area (Å²) in [4.78, 5) is 20.5. The Balaban J connectivity index is 1.87. The molecule has 2 aromatic heterocycles. The van der Waals surface area contributed by atoms with Crippen molar-refractivity contribution in [3.63, 3.8) is 0 Å². The molecule has 5 rings (SSSR count). The zero-order valence-electron chi connectivity index (χ0n) is 16.5. The third kappa shape index (κ3) is 2.71. The van der Waals surface area contributed by atoms with Crippen molar-refractivity contribution in [2.24, 2.45) is 0 Å². The molecule has 0 radical (unpaired) electrons. The summed E-state index contributed by atoms with van der Waals surface area (Å²) in [5, 5.41) is 0.702. The Hall–Kier alpha value is -3.54. The number of fused-ring (bicyclic) bond motifs is 1. The van der Waals surface area contributed by atoms with E-state index >= 15 is 0 Å². The van der Waals surface area contributed by atoms with Crippen LogP contribution >= 0.6 is 0 Å². The van der Waals surface area contributed by atoms with Gasteiger partial charge in [0, 0.05) is 24.9 Å². The highest BCUT2D eigenvalue weighted by atomic mass is 16.5. The van der Waals surface area contributed by atoms with Crippen LogP contribution in [0.4, 0.5) is 0 Å². The Kier molecular flexibility index (Phi) is 4.12. The molecule has 0 unspecified atom stereocenters. The van der Waals surface area contributed by atoms with E-state index in [0.717, 1.165) is 47.8 Å². The fourth-order valence-electron chi connectivity index (χ4n) is 4.15. The second-order valence-corrected chi connectivity index (χ2v) is 7.31. The Morgan fingerprint density at radius 2 is 1.79 bits per heavy atom. The quantitative estimate of drug-likeness (QED) is 0.543. The Morgan fingerprint density at radius 1 is 1.03 bits per heavy atom. The second kappa shape index (κ2) is 6.81. The van der Waals surface area contributed by atoms with Gasteiger partial charge in [-0.15, -0.1) is 0 Å². The van der Waals surface area contributed by atoms with Crippen molar-refractivity contribution < 1.29 is 4.74 Å². The first-order valence-corrected chi connectivity index (χ1v) is 9.75. The van der Waals surface area contributed by atoms with Gasteiger partial charge in [0.25, 0.3) is 5.56 Å². The number of methoxy groups -OCH3 is 1. The number of hydrogen-bond acceptors (Lipinski definition) is 4. The van der Waals surface area contributed by atoms with Gasteiger partial charge < -0.3 is 9.64 Å². The number of ether oxygens (including phenoxy) is 1. The molecule has 0 saturated carbocycles. The zero-order valence-corrected chi connectivity index (χ0v) is 16.5. The Morgan fingerprint density at radius 3 is 2.45 bits per heavy atom. The Labute approximate surface area is 168 Å². The van der Waals surface area contributed by atoms with E-state index in [1.165, 1.54) is 0 Å². The average molecular weight is 386 g/mol. The van der Waals surface area contributed by atoms with Crippen molar-refractivity contribution in [1.29, 1.82) is 0 Å². The lowest BCUT2D eigenvalue weighted by molar-refractivity contribution is 0.415. The fourth-order valence-corrected chi connectivity index (χ4v) is 4.15. The van der Waals surface area contributed by atoms with Gasteiger partial charge in [0.05, 0.1) is 24.7 Å². The van der Waals surface area contributed by atoms with Gasteiger partial charge in [-0.3, -0.25) is 4.79 Å². The highest BCUT2D eigenvalue weighted by molar-refractivity contribution is 5.67. The molecule has 1 saturated heterocycles. The molecule has 29 heavy (non-hydrogen) atoms. The predicted octanol–water partition coefficient (Wildman–Crippen LogP) is 2.71. The van der Waals surface area contributed by atoms with Crippen LogP contribution in [0.5, 0.6) is 5.75 Å². The van der Waals surface area contributed by atoms with E-state index < -0.39 is 0 Å². The number of benzene rings is 2. The summed E-state index contributed by atoms with van der Waals surface area (Å²) in [6.07, 6.45) is 3.79. The van der Waals surface area contributed by atoms with Crippen LogP contribution in [0.15, 0.2) is 65.6 Å². The first-order valence-electron chi connectivity index (χ1n) is 9.75. The van der Waals surface area contributed by atoms with Gasteiger partial charge >= 0.3 is 0 Å². The van der Waals surface area contributed by atoms with Crippen molar-refractivity contribution in [2.75, 3.05) is 20.7 Å². The number of aromatic nitrogens is 3. The van der Waals surface area contributed by atoms with E-state index in [-0.39, 0.29) is 5.56 Å². The standard InChI is InChI=1S/C23H22N4O2/c1-25-14-6-9-19(25)21-22-24-15-20(16-10-12-18(29-2)13-11-16)27(22)26(23(21)28)17-7-4-3-5-8-17/h3-5,7-8,10-13,15H,6,9,14H2,1-2H3/b21-19-.